The number of sulfonamides is 1. The SMILES string of the molecule is COc1ccc(OC)c(S(=O)(=O)N(C)CC(=O)N/N=C\c2ccc(OC)c([N+](=O)[O-])c2)c1. The highest BCUT2D eigenvalue weighted by Gasteiger charge is 2.27. The van der Waals surface area contributed by atoms with Gasteiger partial charge in [-0.3, -0.25) is 14.9 Å². The Morgan fingerprint density at radius 2 is 1.78 bits per heavy atom. The lowest BCUT2D eigenvalue weighted by molar-refractivity contribution is -0.385. The minimum absolute atomic E-state index is 0.0796. The quantitative estimate of drug-likeness (QED) is 0.314. The van der Waals surface area contributed by atoms with E-state index in [-0.39, 0.29) is 22.1 Å². The highest BCUT2D eigenvalue weighted by molar-refractivity contribution is 7.89. The van der Waals surface area contributed by atoms with Crippen LogP contribution in [0.1, 0.15) is 5.56 Å². The molecule has 2 aromatic rings. The molecule has 32 heavy (non-hydrogen) atoms. The third-order valence-corrected chi connectivity index (χ3v) is 6.05. The molecule has 0 spiro atoms. The second-order valence-electron chi connectivity index (χ2n) is 6.26. The zero-order chi connectivity index (χ0) is 23.9. The topological polar surface area (TPSA) is 150 Å². The molecule has 0 aliphatic carbocycles. The first-order valence-electron chi connectivity index (χ1n) is 8.96. The molecule has 0 atom stereocenters. The van der Waals surface area contributed by atoms with Gasteiger partial charge in [0.05, 0.1) is 39.0 Å². The van der Waals surface area contributed by atoms with E-state index in [1.807, 2.05) is 0 Å². The Labute approximate surface area is 184 Å². The molecule has 0 saturated carbocycles. The van der Waals surface area contributed by atoms with Crippen LogP contribution >= 0.6 is 0 Å². The van der Waals surface area contributed by atoms with Crippen LogP contribution in [0.15, 0.2) is 46.4 Å². The minimum atomic E-state index is -4.08. The molecule has 0 radical (unpaired) electrons. The van der Waals surface area contributed by atoms with E-state index in [1.54, 1.807) is 6.07 Å². The number of hydrazone groups is 1. The number of nitrogens with zero attached hydrogens (tertiary/aromatic N) is 3. The number of likely N-dealkylation sites (N-methyl/N-ethyl adjacent to an activating group) is 1. The summed E-state index contributed by atoms with van der Waals surface area (Å²) in [6.45, 7) is -0.539. The minimum Gasteiger partial charge on any atom is -0.497 e. The number of amides is 1. The Bertz CT molecular complexity index is 1130. The van der Waals surface area contributed by atoms with Gasteiger partial charge in [-0.15, -0.1) is 0 Å². The van der Waals surface area contributed by atoms with Gasteiger partial charge in [-0.2, -0.15) is 9.41 Å². The number of hydrogen-bond donors (Lipinski definition) is 1. The fourth-order valence-electron chi connectivity index (χ4n) is 2.58. The third-order valence-electron chi connectivity index (χ3n) is 4.23. The van der Waals surface area contributed by atoms with Crippen molar-refractivity contribution in [2.75, 3.05) is 34.9 Å². The number of nitrogens with one attached hydrogen (secondary N) is 1. The molecule has 0 aliphatic rings. The second kappa shape index (κ2) is 10.5. The van der Waals surface area contributed by atoms with Gasteiger partial charge in [-0.1, -0.05) is 0 Å². The van der Waals surface area contributed by atoms with Crippen molar-refractivity contribution in [3.8, 4) is 17.2 Å². The predicted molar refractivity (Wildman–Crippen MR) is 115 cm³/mol. The normalized spacial score (nSPS) is 11.4. The number of ether oxygens (including phenoxy) is 3. The lowest BCUT2D eigenvalue weighted by atomic mass is 10.2. The van der Waals surface area contributed by atoms with Crippen LogP contribution in [0.5, 0.6) is 17.2 Å². The first-order valence-corrected chi connectivity index (χ1v) is 10.4. The van der Waals surface area contributed by atoms with E-state index in [9.17, 15) is 23.3 Å². The molecule has 0 aliphatic heterocycles. The first-order chi connectivity index (χ1) is 15.1. The Kier molecular flexibility index (Phi) is 8.09. The summed E-state index contributed by atoms with van der Waals surface area (Å²) in [5, 5.41) is 14.8. The number of carbonyl (C=O) groups excluding carboxylic acids is 1. The van der Waals surface area contributed by atoms with Gasteiger partial charge in [-0.25, -0.2) is 13.8 Å². The van der Waals surface area contributed by atoms with Crippen molar-refractivity contribution in [1.82, 2.24) is 9.73 Å². The average Bonchev–Trinajstić information content (AvgIpc) is 2.78. The molecule has 172 valence electrons. The largest absolute Gasteiger partial charge is 0.497 e. The Balaban J connectivity index is 2.10. The molecule has 1 N–H and O–H groups in total. The van der Waals surface area contributed by atoms with E-state index in [1.165, 1.54) is 64.9 Å². The second-order valence-corrected chi connectivity index (χ2v) is 8.27. The number of carbonyl (C=O) groups is 1. The van der Waals surface area contributed by atoms with Crippen molar-refractivity contribution in [3.05, 3.63) is 52.1 Å². The maximum absolute atomic E-state index is 12.9. The summed E-state index contributed by atoms with van der Waals surface area (Å²) >= 11 is 0. The first kappa shape index (κ1) is 24.6. The van der Waals surface area contributed by atoms with E-state index in [0.29, 0.717) is 11.3 Å². The molecule has 0 fully saturated rings. The molecule has 2 rings (SSSR count). The fourth-order valence-corrected chi connectivity index (χ4v) is 3.88. The molecule has 0 heterocycles. The van der Waals surface area contributed by atoms with Crippen molar-refractivity contribution in [2.45, 2.75) is 4.90 Å². The molecule has 0 unspecified atom stereocenters. The monoisotopic (exact) mass is 466 g/mol. The number of rotatable bonds is 10. The Hall–Kier alpha value is -3.71. The van der Waals surface area contributed by atoms with Gasteiger partial charge in [-0.05, 0) is 24.3 Å². The summed E-state index contributed by atoms with van der Waals surface area (Å²) in [5.74, 6) is -0.245. The number of nitro groups is 1. The lowest BCUT2D eigenvalue weighted by Gasteiger charge is -2.18. The molecule has 0 bridgehead atoms. The van der Waals surface area contributed by atoms with Crippen LogP contribution in [0.4, 0.5) is 5.69 Å². The fraction of sp³-hybridized carbons (Fsp3) is 0.263. The van der Waals surface area contributed by atoms with Crippen LogP contribution in [-0.4, -0.2) is 64.7 Å². The summed E-state index contributed by atoms with van der Waals surface area (Å²) in [6.07, 6.45) is 1.18. The highest BCUT2D eigenvalue weighted by Crippen LogP contribution is 2.30. The van der Waals surface area contributed by atoms with Gasteiger partial charge >= 0.3 is 5.69 Å². The Morgan fingerprint density at radius 3 is 2.38 bits per heavy atom. The zero-order valence-electron chi connectivity index (χ0n) is 17.8. The van der Waals surface area contributed by atoms with Crippen LogP contribution in [-0.2, 0) is 14.8 Å². The summed E-state index contributed by atoms with van der Waals surface area (Å²) in [5.41, 5.74) is 2.25. The highest BCUT2D eigenvalue weighted by atomic mass is 32.2. The van der Waals surface area contributed by atoms with E-state index in [0.717, 1.165) is 4.31 Å². The van der Waals surface area contributed by atoms with Crippen molar-refractivity contribution < 1.29 is 32.3 Å². The van der Waals surface area contributed by atoms with E-state index >= 15 is 0 Å². The zero-order valence-corrected chi connectivity index (χ0v) is 18.6. The molecular weight excluding hydrogens is 444 g/mol. The van der Waals surface area contributed by atoms with E-state index < -0.39 is 27.4 Å². The molecule has 2 aromatic carbocycles. The average molecular weight is 466 g/mol. The van der Waals surface area contributed by atoms with Crippen LogP contribution in [0.2, 0.25) is 0 Å². The van der Waals surface area contributed by atoms with Gasteiger partial charge in [0, 0.05) is 24.7 Å². The van der Waals surface area contributed by atoms with Gasteiger partial charge in [0.2, 0.25) is 10.0 Å². The maximum atomic E-state index is 12.9. The Morgan fingerprint density at radius 1 is 1.12 bits per heavy atom. The van der Waals surface area contributed by atoms with Gasteiger partial charge in [0.15, 0.2) is 5.75 Å². The summed E-state index contributed by atoms with van der Waals surface area (Å²) in [6, 6.07) is 8.40. The summed E-state index contributed by atoms with van der Waals surface area (Å²) < 4.78 is 41.6. The van der Waals surface area contributed by atoms with Crippen molar-refractivity contribution in [3.63, 3.8) is 0 Å². The van der Waals surface area contributed by atoms with Gasteiger partial charge in [0.25, 0.3) is 5.91 Å². The van der Waals surface area contributed by atoms with Crippen LogP contribution in [0.3, 0.4) is 0 Å². The third kappa shape index (κ3) is 5.70. The molecule has 12 nitrogen and oxygen atoms in total. The van der Waals surface area contributed by atoms with Crippen molar-refractivity contribution in [2.24, 2.45) is 5.10 Å². The molecule has 13 heteroatoms. The smallest absolute Gasteiger partial charge is 0.311 e. The number of methoxy groups -OCH3 is 3. The maximum Gasteiger partial charge on any atom is 0.311 e. The standard InChI is InChI=1S/C19H22N4O8S/c1-22(32(27,28)18-10-14(29-2)6-8-17(18)31-4)12-19(24)21-20-11-13-5-7-16(30-3)15(9-13)23(25)26/h5-11H,12H2,1-4H3,(H,21,24)/b20-11-. The van der Waals surface area contributed by atoms with Crippen LogP contribution < -0.4 is 19.6 Å². The molecule has 0 aromatic heterocycles. The number of benzene rings is 2. The molecule has 1 amide bonds. The number of hydrogen-bond acceptors (Lipinski definition) is 9. The molecule has 0 saturated heterocycles. The van der Waals surface area contributed by atoms with Crippen molar-refractivity contribution >= 4 is 27.8 Å². The summed E-state index contributed by atoms with van der Waals surface area (Å²) in [4.78, 5) is 22.5. The van der Waals surface area contributed by atoms with Crippen LogP contribution in [0.25, 0.3) is 0 Å². The van der Waals surface area contributed by atoms with Gasteiger partial charge < -0.3 is 14.2 Å². The predicted octanol–water partition coefficient (Wildman–Crippen LogP) is 1.39. The van der Waals surface area contributed by atoms with Gasteiger partial charge in [0.1, 0.15) is 16.4 Å². The van der Waals surface area contributed by atoms with E-state index in [2.05, 4.69) is 10.5 Å². The van der Waals surface area contributed by atoms with E-state index in [4.69, 9.17) is 14.2 Å². The lowest BCUT2D eigenvalue weighted by Crippen LogP contribution is -2.36. The molecular formula is C19H22N4O8S. The summed E-state index contributed by atoms with van der Waals surface area (Å²) in [7, 11) is 1.17. The van der Waals surface area contributed by atoms with Crippen LogP contribution in [0, 0.1) is 10.1 Å². The van der Waals surface area contributed by atoms with Crippen molar-refractivity contribution in [1.29, 1.82) is 0 Å². The number of nitro benzene ring substituents is 1.